The van der Waals surface area contributed by atoms with Crippen molar-refractivity contribution in [2.45, 2.75) is 19.1 Å². The Labute approximate surface area is 188 Å². The van der Waals surface area contributed by atoms with Gasteiger partial charge in [0.2, 0.25) is 0 Å². The first kappa shape index (κ1) is 21.6. The lowest BCUT2D eigenvalue weighted by atomic mass is 10.0. The van der Waals surface area contributed by atoms with Crippen LogP contribution in [-0.4, -0.2) is 41.8 Å². The standard InChI is InChI=1S/C23H20ClN3O5/c1-30-13-19(23(29)31-2)21-17-5-3-4-6-18(17)22(28)27(25-21)12-16-11-20(26-32-16)14-7-9-15(24)10-8-14/h3-10,13,16H,11-12H2,1-2H3/b19-13-. The molecule has 0 aliphatic carbocycles. The Balaban J connectivity index is 1.69. The molecule has 0 fully saturated rings. The van der Waals surface area contributed by atoms with Crippen molar-refractivity contribution in [3.05, 3.63) is 81.4 Å². The van der Waals surface area contributed by atoms with Gasteiger partial charge in [-0.3, -0.25) is 4.79 Å². The number of halogens is 1. The van der Waals surface area contributed by atoms with Gasteiger partial charge in [0, 0.05) is 16.8 Å². The number of esters is 1. The molecule has 0 spiro atoms. The second-order valence-electron chi connectivity index (χ2n) is 7.12. The summed E-state index contributed by atoms with van der Waals surface area (Å²) in [7, 11) is 2.69. The van der Waals surface area contributed by atoms with E-state index in [4.69, 9.17) is 25.9 Å². The van der Waals surface area contributed by atoms with E-state index in [2.05, 4.69) is 10.3 Å². The summed E-state index contributed by atoms with van der Waals surface area (Å²) in [6, 6.07) is 14.2. The number of ether oxygens (including phenoxy) is 2. The van der Waals surface area contributed by atoms with E-state index in [9.17, 15) is 9.59 Å². The predicted molar refractivity (Wildman–Crippen MR) is 120 cm³/mol. The van der Waals surface area contributed by atoms with Gasteiger partial charge >= 0.3 is 5.97 Å². The van der Waals surface area contributed by atoms with Crippen LogP contribution in [0.2, 0.25) is 5.02 Å². The van der Waals surface area contributed by atoms with Crippen LogP contribution in [0.25, 0.3) is 16.3 Å². The summed E-state index contributed by atoms with van der Waals surface area (Å²) in [5.74, 6) is -0.625. The average molecular weight is 454 g/mol. The highest BCUT2D eigenvalue weighted by atomic mass is 35.5. The minimum atomic E-state index is -0.625. The molecule has 1 unspecified atom stereocenters. The number of benzene rings is 2. The lowest BCUT2D eigenvalue weighted by Crippen LogP contribution is -2.30. The topological polar surface area (TPSA) is 92.0 Å². The third-order valence-electron chi connectivity index (χ3n) is 5.05. The molecule has 0 N–H and O–H groups in total. The zero-order valence-corrected chi connectivity index (χ0v) is 18.2. The van der Waals surface area contributed by atoms with Crippen LogP contribution >= 0.6 is 11.6 Å². The minimum Gasteiger partial charge on any atom is -0.503 e. The number of aromatic nitrogens is 2. The summed E-state index contributed by atoms with van der Waals surface area (Å²) in [5.41, 5.74) is 1.74. The minimum absolute atomic E-state index is 0.102. The van der Waals surface area contributed by atoms with Crippen LogP contribution < -0.4 is 5.56 Å². The fourth-order valence-corrected chi connectivity index (χ4v) is 3.64. The van der Waals surface area contributed by atoms with Gasteiger partial charge in [-0.15, -0.1) is 0 Å². The first-order chi connectivity index (χ1) is 15.5. The Bertz CT molecular complexity index is 1280. The van der Waals surface area contributed by atoms with Crippen molar-refractivity contribution in [3.63, 3.8) is 0 Å². The normalized spacial score (nSPS) is 15.9. The van der Waals surface area contributed by atoms with E-state index in [0.29, 0.717) is 22.2 Å². The van der Waals surface area contributed by atoms with Gasteiger partial charge in [0.25, 0.3) is 5.56 Å². The number of oxime groups is 1. The molecule has 0 radical (unpaired) electrons. The maximum atomic E-state index is 13.1. The molecule has 0 saturated heterocycles. The van der Waals surface area contributed by atoms with Crippen molar-refractivity contribution < 1.29 is 19.1 Å². The fourth-order valence-electron chi connectivity index (χ4n) is 3.52. The summed E-state index contributed by atoms with van der Waals surface area (Å²) < 4.78 is 11.2. The summed E-state index contributed by atoms with van der Waals surface area (Å²) in [5, 5.41) is 10.2. The first-order valence-electron chi connectivity index (χ1n) is 9.82. The van der Waals surface area contributed by atoms with E-state index in [1.165, 1.54) is 25.2 Å². The monoisotopic (exact) mass is 453 g/mol. The molecule has 1 aliphatic heterocycles. The second kappa shape index (κ2) is 9.23. The Morgan fingerprint density at radius 3 is 2.59 bits per heavy atom. The van der Waals surface area contributed by atoms with Crippen LogP contribution in [0.3, 0.4) is 0 Å². The zero-order chi connectivity index (χ0) is 22.7. The third kappa shape index (κ3) is 4.22. The summed E-state index contributed by atoms with van der Waals surface area (Å²) >= 11 is 5.95. The van der Waals surface area contributed by atoms with E-state index < -0.39 is 12.1 Å². The Morgan fingerprint density at radius 2 is 1.91 bits per heavy atom. The number of hydrogen-bond acceptors (Lipinski definition) is 7. The van der Waals surface area contributed by atoms with Crippen molar-refractivity contribution in [1.82, 2.24) is 9.78 Å². The van der Waals surface area contributed by atoms with E-state index in [-0.39, 0.29) is 23.4 Å². The number of nitrogens with zero attached hydrogens (tertiary/aromatic N) is 3. The highest BCUT2D eigenvalue weighted by molar-refractivity contribution is 6.30. The van der Waals surface area contributed by atoms with Gasteiger partial charge in [0.1, 0.15) is 11.3 Å². The lowest BCUT2D eigenvalue weighted by molar-refractivity contribution is -0.133. The number of carbonyl (C=O) groups excluding carboxylic acids is 1. The van der Waals surface area contributed by atoms with Crippen LogP contribution in [0.4, 0.5) is 0 Å². The van der Waals surface area contributed by atoms with Gasteiger partial charge in [-0.25, -0.2) is 9.48 Å². The molecule has 2 aromatic carbocycles. The van der Waals surface area contributed by atoms with Crippen LogP contribution in [-0.2, 0) is 25.7 Å². The second-order valence-corrected chi connectivity index (χ2v) is 7.55. The highest BCUT2D eigenvalue weighted by Gasteiger charge is 2.26. The number of carbonyl (C=O) groups is 1. The number of fused-ring (bicyclic) bond motifs is 1. The number of rotatable bonds is 6. The average Bonchev–Trinajstić information content (AvgIpc) is 3.28. The van der Waals surface area contributed by atoms with Gasteiger partial charge in [-0.1, -0.05) is 47.1 Å². The maximum Gasteiger partial charge on any atom is 0.343 e. The van der Waals surface area contributed by atoms with Crippen molar-refractivity contribution >= 4 is 39.6 Å². The van der Waals surface area contributed by atoms with Crippen molar-refractivity contribution in [1.29, 1.82) is 0 Å². The number of hydrogen-bond donors (Lipinski definition) is 0. The molecule has 0 saturated carbocycles. The summed E-state index contributed by atoms with van der Waals surface area (Å²) in [6.07, 6.45) is 1.35. The Morgan fingerprint density at radius 1 is 1.19 bits per heavy atom. The molecule has 164 valence electrons. The molecule has 1 atom stereocenters. The summed E-state index contributed by atoms with van der Waals surface area (Å²) in [4.78, 5) is 31.0. The van der Waals surface area contributed by atoms with Crippen LogP contribution in [0.15, 0.2) is 64.7 Å². The van der Waals surface area contributed by atoms with Gasteiger partial charge in [-0.05, 0) is 23.8 Å². The van der Waals surface area contributed by atoms with Gasteiger partial charge in [0.15, 0.2) is 6.10 Å². The Kier molecular flexibility index (Phi) is 6.23. The van der Waals surface area contributed by atoms with E-state index in [1.807, 2.05) is 12.1 Å². The molecule has 32 heavy (non-hydrogen) atoms. The quantitative estimate of drug-likeness (QED) is 0.322. The summed E-state index contributed by atoms with van der Waals surface area (Å²) in [6.45, 7) is 0.151. The molecule has 3 aromatic rings. The highest BCUT2D eigenvalue weighted by Crippen LogP contribution is 2.24. The predicted octanol–water partition coefficient (Wildman–Crippen LogP) is 3.40. The Hall–Kier alpha value is -3.65. The van der Waals surface area contributed by atoms with Gasteiger partial charge in [0.05, 0.1) is 38.1 Å². The van der Waals surface area contributed by atoms with Crippen molar-refractivity contribution in [2.24, 2.45) is 5.16 Å². The third-order valence-corrected chi connectivity index (χ3v) is 5.30. The maximum absolute atomic E-state index is 13.1. The van der Waals surface area contributed by atoms with Gasteiger partial charge < -0.3 is 14.3 Å². The number of methoxy groups -OCH3 is 2. The van der Waals surface area contributed by atoms with Crippen molar-refractivity contribution in [3.8, 4) is 0 Å². The molecule has 4 rings (SSSR count). The fraction of sp³-hybridized carbons (Fsp3) is 0.217. The molecule has 1 aromatic heterocycles. The first-order valence-corrected chi connectivity index (χ1v) is 10.2. The largest absolute Gasteiger partial charge is 0.503 e. The van der Waals surface area contributed by atoms with Crippen LogP contribution in [0.5, 0.6) is 0 Å². The molecule has 0 amide bonds. The molecule has 0 bridgehead atoms. The van der Waals surface area contributed by atoms with E-state index in [1.54, 1.807) is 36.4 Å². The molecule has 9 heteroatoms. The van der Waals surface area contributed by atoms with Gasteiger partial charge in [-0.2, -0.15) is 5.10 Å². The lowest BCUT2D eigenvalue weighted by Gasteiger charge is -2.14. The molecule has 2 heterocycles. The smallest absolute Gasteiger partial charge is 0.343 e. The SMILES string of the molecule is CO/C=C(\C(=O)OC)c1nn(CC2CC(c3ccc(Cl)cc3)=NO2)c(=O)c2ccccc12. The molecule has 8 nitrogen and oxygen atoms in total. The van der Waals surface area contributed by atoms with Crippen LogP contribution in [0.1, 0.15) is 17.7 Å². The van der Waals surface area contributed by atoms with Crippen LogP contribution in [0, 0.1) is 0 Å². The molecular weight excluding hydrogens is 434 g/mol. The van der Waals surface area contributed by atoms with Crippen molar-refractivity contribution in [2.75, 3.05) is 14.2 Å². The molecular formula is C23H20ClN3O5. The molecule has 1 aliphatic rings. The van der Waals surface area contributed by atoms with E-state index in [0.717, 1.165) is 11.3 Å². The zero-order valence-electron chi connectivity index (χ0n) is 17.4. The van der Waals surface area contributed by atoms with E-state index >= 15 is 0 Å².